The van der Waals surface area contributed by atoms with Crippen LogP contribution < -0.4 is 0 Å². The van der Waals surface area contributed by atoms with E-state index in [0.717, 1.165) is 18.4 Å². The summed E-state index contributed by atoms with van der Waals surface area (Å²) in [7, 11) is 0. The number of carbonyl (C=O) groups is 2. The van der Waals surface area contributed by atoms with Crippen molar-refractivity contribution >= 4 is 17.3 Å². The molecule has 0 fully saturated rings. The van der Waals surface area contributed by atoms with Gasteiger partial charge in [-0.15, -0.1) is 0 Å². The summed E-state index contributed by atoms with van der Waals surface area (Å²) in [5, 5.41) is 0. The van der Waals surface area contributed by atoms with Crippen molar-refractivity contribution in [2.45, 2.75) is 25.4 Å². The molecule has 1 aromatic carbocycles. The lowest BCUT2D eigenvalue weighted by atomic mass is 9.78. The van der Waals surface area contributed by atoms with Gasteiger partial charge in [-0.1, -0.05) is 30.3 Å². The normalized spacial score (nSPS) is 27.6. The highest BCUT2D eigenvalue weighted by molar-refractivity contribution is 6.52. The summed E-state index contributed by atoms with van der Waals surface area (Å²) in [6, 6.07) is 7.22. The van der Waals surface area contributed by atoms with Gasteiger partial charge in [-0.05, 0) is 25.3 Å². The monoisotopic (exact) mass is 266 g/mol. The largest absolute Gasteiger partial charge is 0.485 e. The molecule has 0 unspecified atom stereocenters. The summed E-state index contributed by atoms with van der Waals surface area (Å²) < 4.78 is 6.06. The second kappa shape index (κ2) is 4.17. The maximum atomic E-state index is 12.3. The zero-order valence-corrected chi connectivity index (χ0v) is 11.0. The number of carbonyl (C=O) groups excluding carboxylic acids is 2. The SMILES string of the molecule is O=C1C(=O)c2ccccc2C2=C1C[C@@H]1CCC=C[C@@H]1O2. The lowest BCUT2D eigenvalue weighted by molar-refractivity contribution is -0.112. The molecule has 20 heavy (non-hydrogen) atoms. The van der Waals surface area contributed by atoms with Crippen molar-refractivity contribution in [3.8, 4) is 0 Å². The Morgan fingerprint density at radius 3 is 2.70 bits per heavy atom. The number of Topliss-reactive ketones (excluding diaryl/α,β-unsaturated/α-hetero) is 2. The van der Waals surface area contributed by atoms with E-state index >= 15 is 0 Å². The van der Waals surface area contributed by atoms with E-state index in [0.29, 0.717) is 29.2 Å². The third-order valence-corrected chi connectivity index (χ3v) is 4.39. The van der Waals surface area contributed by atoms with Gasteiger partial charge in [-0.2, -0.15) is 0 Å². The minimum atomic E-state index is -0.396. The lowest BCUT2D eigenvalue weighted by Crippen LogP contribution is -2.35. The molecule has 4 rings (SSSR count). The molecule has 3 nitrogen and oxygen atoms in total. The molecule has 100 valence electrons. The first-order valence-electron chi connectivity index (χ1n) is 7.00. The molecule has 0 radical (unpaired) electrons. The smallest absolute Gasteiger partial charge is 0.234 e. The molecular formula is C17H14O3. The number of hydrogen-bond donors (Lipinski definition) is 0. The third kappa shape index (κ3) is 1.52. The number of hydrogen-bond acceptors (Lipinski definition) is 3. The van der Waals surface area contributed by atoms with Crippen LogP contribution in [-0.2, 0) is 9.53 Å². The molecule has 0 amide bonds. The molecule has 1 aliphatic heterocycles. The molecule has 3 heteroatoms. The van der Waals surface area contributed by atoms with Gasteiger partial charge in [0.05, 0.1) is 0 Å². The minimum absolute atomic E-state index is 0.0385. The van der Waals surface area contributed by atoms with Crippen LogP contribution in [0.25, 0.3) is 5.76 Å². The molecule has 3 aliphatic rings. The number of ketones is 2. The zero-order chi connectivity index (χ0) is 13.7. The van der Waals surface area contributed by atoms with E-state index in [1.807, 2.05) is 12.1 Å². The first-order chi connectivity index (χ1) is 9.75. The molecule has 0 bridgehead atoms. The highest BCUT2D eigenvalue weighted by atomic mass is 16.5. The molecular weight excluding hydrogens is 252 g/mol. The van der Waals surface area contributed by atoms with Crippen LogP contribution in [0.15, 0.2) is 42.0 Å². The van der Waals surface area contributed by atoms with E-state index in [2.05, 4.69) is 12.2 Å². The molecule has 0 aromatic heterocycles. The standard InChI is InChI=1S/C17H14O3/c18-15-11-6-2-3-7-12(11)17-13(16(15)19)9-10-5-1-4-8-14(10)20-17/h2-4,6-8,10,14H,1,5,9H2/t10-,14-/m0/s1. The van der Waals surface area contributed by atoms with E-state index < -0.39 is 5.78 Å². The van der Waals surface area contributed by atoms with E-state index in [1.54, 1.807) is 12.1 Å². The Morgan fingerprint density at radius 1 is 1.05 bits per heavy atom. The molecule has 0 N–H and O–H groups in total. The van der Waals surface area contributed by atoms with Gasteiger partial charge in [-0.3, -0.25) is 9.59 Å². The first kappa shape index (κ1) is 11.6. The number of rotatable bonds is 0. The maximum Gasteiger partial charge on any atom is 0.234 e. The summed E-state index contributed by atoms with van der Waals surface area (Å²) in [5.41, 5.74) is 1.81. The van der Waals surface area contributed by atoms with E-state index in [-0.39, 0.29) is 11.9 Å². The van der Waals surface area contributed by atoms with Crippen molar-refractivity contribution < 1.29 is 14.3 Å². The van der Waals surface area contributed by atoms with Gasteiger partial charge in [0.25, 0.3) is 0 Å². The number of ether oxygens (including phenoxy) is 1. The molecule has 2 aliphatic carbocycles. The van der Waals surface area contributed by atoms with Crippen LogP contribution in [0, 0.1) is 5.92 Å². The summed E-state index contributed by atoms with van der Waals surface area (Å²) >= 11 is 0. The zero-order valence-electron chi connectivity index (χ0n) is 11.0. The maximum absolute atomic E-state index is 12.3. The van der Waals surface area contributed by atoms with Crippen molar-refractivity contribution in [1.29, 1.82) is 0 Å². The predicted molar refractivity (Wildman–Crippen MR) is 74.1 cm³/mol. The Hall–Kier alpha value is -2.16. The van der Waals surface area contributed by atoms with E-state index in [9.17, 15) is 9.59 Å². The summed E-state index contributed by atoms with van der Waals surface area (Å²) in [6.45, 7) is 0. The van der Waals surface area contributed by atoms with Crippen molar-refractivity contribution in [3.05, 3.63) is 53.1 Å². The minimum Gasteiger partial charge on any atom is -0.485 e. The average Bonchev–Trinajstić information content (AvgIpc) is 2.51. The van der Waals surface area contributed by atoms with E-state index in [4.69, 9.17) is 4.74 Å². The van der Waals surface area contributed by atoms with Crippen molar-refractivity contribution in [1.82, 2.24) is 0 Å². The van der Waals surface area contributed by atoms with Crippen molar-refractivity contribution in [3.63, 3.8) is 0 Å². The van der Waals surface area contributed by atoms with Crippen LogP contribution in [0.5, 0.6) is 0 Å². The van der Waals surface area contributed by atoms with Crippen LogP contribution in [0.1, 0.15) is 35.2 Å². The quantitative estimate of drug-likeness (QED) is 0.535. The average molecular weight is 266 g/mol. The van der Waals surface area contributed by atoms with Crippen LogP contribution >= 0.6 is 0 Å². The summed E-state index contributed by atoms with van der Waals surface area (Å²) in [4.78, 5) is 24.5. The fourth-order valence-corrected chi connectivity index (χ4v) is 3.34. The van der Waals surface area contributed by atoms with Gasteiger partial charge in [0.2, 0.25) is 11.6 Å². The Bertz CT molecular complexity index is 681. The molecule has 1 aromatic rings. The van der Waals surface area contributed by atoms with Gasteiger partial charge in [0.15, 0.2) is 0 Å². The summed E-state index contributed by atoms with van der Waals surface area (Å²) in [6.07, 6.45) is 6.95. The summed E-state index contributed by atoms with van der Waals surface area (Å²) in [5.74, 6) is 0.165. The van der Waals surface area contributed by atoms with Crippen LogP contribution in [0.2, 0.25) is 0 Å². The Labute approximate surface area is 116 Å². The number of fused-ring (bicyclic) bond motifs is 3. The second-order valence-corrected chi connectivity index (χ2v) is 5.56. The Kier molecular flexibility index (Phi) is 2.43. The van der Waals surface area contributed by atoms with Crippen molar-refractivity contribution in [2.75, 3.05) is 0 Å². The molecule has 0 saturated carbocycles. The number of allylic oxidation sites excluding steroid dienone is 2. The Balaban J connectivity index is 1.87. The second-order valence-electron chi connectivity index (χ2n) is 5.56. The highest BCUT2D eigenvalue weighted by Crippen LogP contribution is 2.42. The predicted octanol–water partition coefficient (Wildman–Crippen LogP) is 2.92. The number of benzene rings is 1. The van der Waals surface area contributed by atoms with Gasteiger partial charge < -0.3 is 4.74 Å². The van der Waals surface area contributed by atoms with Gasteiger partial charge in [0, 0.05) is 22.6 Å². The third-order valence-electron chi connectivity index (χ3n) is 4.39. The van der Waals surface area contributed by atoms with Crippen molar-refractivity contribution in [2.24, 2.45) is 5.92 Å². The fourth-order valence-electron chi connectivity index (χ4n) is 3.34. The highest BCUT2D eigenvalue weighted by Gasteiger charge is 2.40. The molecule has 0 spiro atoms. The molecule has 2 atom stereocenters. The Morgan fingerprint density at radius 2 is 1.85 bits per heavy atom. The fraction of sp³-hybridized carbons (Fsp3) is 0.294. The van der Waals surface area contributed by atoms with Crippen LogP contribution in [0.3, 0.4) is 0 Å². The van der Waals surface area contributed by atoms with Gasteiger partial charge >= 0.3 is 0 Å². The first-order valence-corrected chi connectivity index (χ1v) is 7.00. The van der Waals surface area contributed by atoms with Gasteiger partial charge in [-0.25, -0.2) is 0 Å². The van der Waals surface area contributed by atoms with Crippen LogP contribution in [-0.4, -0.2) is 17.7 Å². The molecule has 0 saturated heterocycles. The lowest BCUT2D eigenvalue weighted by Gasteiger charge is -2.37. The van der Waals surface area contributed by atoms with Crippen LogP contribution in [0.4, 0.5) is 0 Å². The molecule has 1 heterocycles. The van der Waals surface area contributed by atoms with Gasteiger partial charge in [0.1, 0.15) is 11.9 Å². The van der Waals surface area contributed by atoms with E-state index in [1.165, 1.54) is 0 Å². The topological polar surface area (TPSA) is 43.4 Å².